The number of hydrogen-bond acceptors (Lipinski definition) is 2. The van der Waals surface area contributed by atoms with Gasteiger partial charge in [0.2, 0.25) is 0 Å². The number of nitrogen functional groups attached to an aromatic ring is 1. The molecular formula is C14H14N2. The van der Waals surface area contributed by atoms with Crippen LogP contribution in [0.25, 0.3) is 11.1 Å². The van der Waals surface area contributed by atoms with E-state index in [4.69, 9.17) is 5.73 Å². The number of nitrogens with two attached hydrogens (primary N) is 1. The molecule has 0 aromatic heterocycles. The summed E-state index contributed by atoms with van der Waals surface area (Å²) in [6.45, 7) is 0. The zero-order valence-electron chi connectivity index (χ0n) is 9.25. The Balaban J connectivity index is 2.16. The minimum absolute atomic E-state index is 0.848. The van der Waals surface area contributed by atoms with Crippen molar-refractivity contribution in [2.24, 2.45) is 0 Å². The fraction of sp³-hybridized carbons (Fsp3) is 0.143. The third-order valence-corrected chi connectivity index (χ3v) is 3.19. The Morgan fingerprint density at radius 2 is 1.69 bits per heavy atom. The molecule has 80 valence electrons. The van der Waals surface area contributed by atoms with Gasteiger partial charge in [-0.25, -0.2) is 0 Å². The first-order valence-corrected chi connectivity index (χ1v) is 5.47. The van der Waals surface area contributed by atoms with Gasteiger partial charge in [0.15, 0.2) is 0 Å². The monoisotopic (exact) mass is 210 g/mol. The lowest BCUT2D eigenvalue weighted by atomic mass is 10.1. The summed E-state index contributed by atoms with van der Waals surface area (Å²) in [4.78, 5) is 0. The van der Waals surface area contributed by atoms with Crippen molar-refractivity contribution in [1.29, 1.82) is 0 Å². The molecule has 0 saturated carbocycles. The summed E-state index contributed by atoms with van der Waals surface area (Å²) in [6.07, 6.45) is 0.991. The second-order valence-corrected chi connectivity index (χ2v) is 4.22. The number of fused-ring (bicyclic) bond motifs is 3. The van der Waals surface area contributed by atoms with Gasteiger partial charge in [0, 0.05) is 18.4 Å². The molecule has 0 spiro atoms. The highest BCUT2D eigenvalue weighted by Gasteiger charge is 2.18. The molecule has 1 aliphatic carbocycles. The van der Waals surface area contributed by atoms with E-state index in [1.807, 2.05) is 13.1 Å². The summed E-state index contributed by atoms with van der Waals surface area (Å²) in [5, 5.41) is 3.17. The Bertz CT molecular complexity index is 559. The van der Waals surface area contributed by atoms with Gasteiger partial charge in [0.05, 0.1) is 0 Å². The maximum atomic E-state index is 5.81. The average Bonchev–Trinajstić information content (AvgIpc) is 2.64. The van der Waals surface area contributed by atoms with E-state index in [2.05, 4.69) is 35.6 Å². The van der Waals surface area contributed by atoms with Crippen molar-refractivity contribution in [3.8, 4) is 11.1 Å². The summed E-state index contributed by atoms with van der Waals surface area (Å²) >= 11 is 0. The molecule has 2 nitrogen and oxygen atoms in total. The topological polar surface area (TPSA) is 38.0 Å². The molecule has 3 N–H and O–H groups in total. The van der Waals surface area contributed by atoms with Crippen LogP contribution in [0, 0.1) is 0 Å². The number of hydrogen-bond donors (Lipinski definition) is 2. The van der Waals surface area contributed by atoms with Gasteiger partial charge in [-0.3, -0.25) is 0 Å². The van der Waals surface area contributed by atoms with Crippen molar-refractivity contribution >= 4 is 11.4 Å². The van der Waals surface area contributed by atoms with Crippen molar-refractivity contribution in [3.63, 3.8) is 0 Å². The predicted octanol–water partition coefficient (Wildman–Crippen LogP) is 2.88. The molecule has 0 saturated heterocycles. The molecule has 16 heavy (non-hydrogen) atoms. The van der Waals surface area contributed by atoms with Crippen molar-refractivity contribution in [1.82, 2.24) is 0 Å². The Kier molecular flexibility index (Phi) is 1.90. The smallest absolute Gasteiger partial charge is 0.0340 e. The summed E-state index contributed by atoms with van der Waals surface area (Å²) in [5.41, 5.74) is 13.2. The highest BCUT2D eigenvalue weighted by atomic mass is 14.8. The van der Waals surface area contributed by atoms with Crippen molar-refractivity contribution in [3.05, 3.63) is 47.5 Å². The number of nitrogens with one attached hydrogen (secondary N) is 1. The molecule has 0 radical (unpaired) electrons. The molecule has 2 aromatic rings. The molecule has 0 fully saturated rings. The van der Waals surface area contributed by atoms with E-state index in [9.17, 15) is 0 Å². The van der Waals surface area contributed by atoms with Crippen LogP contribution in [0.1, 0.15) is 11.1 Å². The second kappa shape index (κ2) is 3.27. The van der Waals surface area contributed by atoms with Crippen LogP contribution in [0.4, 0.5) is 11.4 Å². The molecule has 3 rings (SSSR count). The first kappa shape index (κ1) is 9.28. The molecule has 1 aliphatic rings. The van der Waals surface area contributed by atoms with Gasteiger partial charge in [0.1, 0.15) is 0 Å². The quantitative estimate of drug-likeness (QED) is 0.606. The molecule has 0 amide bonds. The van der Waals surface area contributed by atoms with E-state index < -0.39 is 0 Å². The third kappa shape index (κ3) is 1.27. The van der Waals surface area contributed by atoms with Crippen LogP contribution in [-0.2, 0) is 6.42 Å². The van der Waals surface area contributed by atoms with E-state index in [0.29, 0.717) is 0 Å². The molecule has 0 atom stereocenters. The van der Waals surface area contributed by atoms with Gasteiger partial charge in [-0.15, -0.1) is 0 Å². The molecule has 2 heteroatoms. The summed E-state index contributed by atoms with van der Waals surface area (Å²) < 4.78 is 0. The Morgan fingerprint density at radius 1 is 1.00 bits per heavy atom. The maximum Gasteiger partial charge on any atom is 0.0340 e. The average molecular weight is 210 g/mol. The SMILES string of the molecule is CNc1ccc2c(c1)Cc1cc(N)ccc1-2. The Hall–Kier alpha value is -1.96. The Labute approximate surface area is 95.1 Å². The van der Waals surface area contributed by atoms with Gasteiger partial charge < -0.3 is 11.1 Å². The lowest BCUT2D eigenvalue weighted by molar-refractivity contribution is 1.26. The normalized spacial score (nSPS) is 12.1. The van der Waals surface area contributed by atoms with E-state index in [1.54, 1.807) is 0 Å². The van der Waals surface area contributed by atoms with E-state index in [1.165, 1.54) is 27.9 Å². The number of rotatable bonds is 1. The van der Waals surface area contributed by atoms with Gasteiger partial charge >= 0.3 is 0 Å². The zero-order chi connectivity index (χ0) is 11.1. The maximum absolute atomic E-state index is 5.81. The number of anilines is 2. The predicted molar refractivity (Wildman–Crippen MR) is 68.6 cm³/mol. The molecule has 2 aromatic carbocycles. The molecular weight excluding hydrogens is 196 g/mol. The van der Waals surface area contributed by atoms with Crippen LogP contribution in [0.2, 0.25) is 0 Å². The van der Waals surface area contributed by atoms with Crippen LogP contribution in [0.3, 0.4) is 0 Å². The second-order valence-electron chi connectivity index (χ2n) is 4.22. The van der Waals surface area contributed by atoms with Crippen molar-refractivity contribution < 1.29 is 0 Å². The van der Waals surface area contributed by atoms with Gasteiger partial charge in [-0.05, 0) is 52.9 Å². The van der Waals surface area contributed by atoms with Crippen molar-refractivity contribution in [2.75, 3.05) is 18.1 Å². The highest BCUT2D eigenvalue weighted by Crippen LogP contribution is 2.38. The fourth-order valence-electron chi connectivity index (χ4n) is 2.39. The van der Waals surface area contributed by atoms with E-state index >= 15 is 0 Å². The largest absolute Gasteiger partial charge is 0.399 e. The first-order valence-electron chi connectivity index (χ1n) is 5.47. The summed E-state index contributed by atoms with van der Waals surface area (Å²) in [7, 11) is 1.95. The molecule has 0 aliphatic heterocycles. The fourth-order valence-corrected chi connectivity index (χ4v) is 2.39. The highest BCUT2D eigenvalue weighted by molar-refractivity contribution is 5.79. The molecule has 0 unspecified atom stereocenters. The minimum atomic E-state index is 0.848. The van der Waals surface area contributed by atoms with Crippen LogP contribution in [0.5, 0.6) is 0 Å². The van der Waals surface area contributed by atoms with Crippen molar-refractivity contribution in [2.45, 2.75) is 6.42 Å². The van der Waals surface area contributed by atoms with Gasteiger partial charge in [-0.1, -0.05) is 12.1 Å². The summed E-state index contributed by atoms with van der Waals surface area (Å²) in [6, 6.07) is 12.7. The summed E-state index contributed by atoms with van der Waals surface area (Å²) in [5.74, 6) is 0. The minimum Gasteiger partial charge on any atom is -0.399 e. The third-order valence-electron chi connectivity index (χ3n) is 3.19. The van der Waals surface area contributed by atoms with Gasteiger partial charge in [0.25, 0.3) is 0 Å². The number of benzene rings is 2. The van der Waals surface area contributed by atoms with Crippen LogP contribution in [0.15, 0.2) is 36.4 Å². The lowest BCUT2D eigenvalue weighted by Crippen LogP contribution is -1.89. The lowest BCUT2D eigenvalue weighted by Gasteiger charge is -2.04. The Morgan fingerprint density at radius 3 is 2.44 bits per heavy atom. The molecule has 0 bridgehead atoms. The van der Waals surface area contributed by atoms with Gasteiger partial charge in [-0.2, -0.15) is 0 Å². The zero-order valence-corrected chi connectivity index (χ0v) is 9.25. The van der Waals surface area contributed by atoms with E-state index in [0.717, 1.165) is 12.1 Å². The van der Waals surface area contributed by atoms with Crippen LogP contribution >= 0.6 is 0 Å². The standard InChI is InChI=1S/C14H14N2/c1-16-12-3-5-14-10(8-12)6-9-7-11(15)2-4-13(9)14/h2-5,7-8,16H,6,15H2,1H3. The first-order chi connectivity index (χ1) is 7.78. The van der Waals surface area contributed by atoms with Crippen LogP contribution < -0.4 is 11.1 Å². The van der Waals surface area contributed by atoms with Crippen LogP contribution in [-0.4, -0.2) is 7.05 Å². The van der Waals surface area contributed by atoms with E-state index in [-0.39, 0.29) is 0 Å². The molecule has 0 heterocycles.